The molecular weight excluding hydrogens is 290 g/mol. The number of hydrogen-bond acceptors (Lipinski definition) is 3. The van der Waals surface area contributed by atoms with Crippen molar-refractivity contribution < 1.29 is 0 Å². The van der Waals surface area contributed by atoms with Crippen molar-refractivity contribution in [1.29, 1.82) is 0 Å². The standard InChI is InChI=1S/C18H17N3S/c1-21-16-7-2-3-8-17(16)22-18(21)20-19-12-13-9-10-14-5-4-6-15(14)11-13/h2-3,7-12H,4-6H2,1H3/b19-12-,20-18-. The Bertz CT molecular complexity index is 931. The number of aryl methyl sites for hydroxylation is 3. The molecule has 22 heavy (non-hydrogen) atoms. The number of rotatable bonds is 2. The lowest BCUT2D eigenvalue weighted by Crippen LogP contribution is -2.08. The minimum absolute atomic E-state index is 0.915. The average molecular weight is 307 g/mol. The molecule has 0 spiro atoms. The molecule has 0 atom stereocenters. The molecule has 0 amide bonds. The summed E-state index contributed by atoms with van der Waals surface area (Å²) in [7, 11) is 2.03. The van der Waals surface area contributed by atoms with Crippen molar-refractivity contribution in [2.24, 2.45) is 17.3 Å². The molecular formula is C18H17N3S. The summed E-state index contributed by atoms with van der Waals surface area (Å²) in [6.45, 7) is 0. The molecule has 1 heterocycles. The number of nitrogens with zero attached hydrogens (tertiary/aromatic N) is 3. The van der Waals surface area contributed by atoms with Gasteiger partial charge in [0.2, 0.25) is 4.80 Å². The van der Waals surface area contributed by atoms with Gasteiger partial charge in [0, 0.05) is 7.05 Å². The molecule has 0 unspecified atom stereocenters. The van der Waals surface area contributed by atoms with E-state index < -0.39 is 0 Å². The first kappa shape index (κ1) is 13.5. The van der Waals surface area contributed by atoms with Crippen molar-refractivity contribution in [3.8, 4) is 0 Å². The van der Waals surface area contributed by atoms with Crippen molar-refractivity contribution in [2.75, 3.05) is 0 Å². The Hall–Kier alpha value is -2.20. The molecule has 0 saturated heterocycles. The molecule has 4 heteroatoms. The molecule has 0 aliphatic heterocycles. The van der Waals surface area contributed by atoms with Crippen LogP contribution in [0.1, 0.15) is 23.1 Å². The molecule has 4 rings (SSSR count). The fraction of sp³-hybridized carbons (Fsp3) is 0.222. The smallest absolute Gasteiger partial charge is 0.211 e. The van der Waals surface area contributed by atoms with Crippen LogP contribution >= 0.6 is 11.3 Å². The van der Waals surface area contributed by atoms with E-state index in [1.165, 1.54) is 40.6 Å². The number of fused-ring (bicyclic) bond motifs is 2. The third-order valence-electron chi connectivity index (χ3n) is 4.19. The maximum atomic E-state index is 4.38. The fourth-order valence-electron chi connectivity index (χ4n) is 2.99. The van der Waals surface area contributed by atoms with Gasteiger partial charge in [-0.1, -0.05) is 35.6 Å². The van der Waals surface area contributed by atoms with Crippen LogP contribution in [-0.2, 0) is 19.9 Å². The van der Waals surface area contributed by atoms with Crippen LogP contribution in [-0.4, -0.2) is 10.8 Å². The van der Waals surface area contributed by atoms with Crippen molar-refractivity contribution in [1.82, 2.24) is 4.57 Å². The molecule has 0 N–H and O–H groups in total. The molecule has 0 bridgehead atoms. The molecule has 1 aliphatic carbocycles. The van der Waals surface area contributed by atoms with E-state index >= 15 is 0 Å². The fourth-order valence-corrected chi connectivity index (χ4v) is 3.97. The van der Waals surface area contributed by atoms with Crippen molar-refractivity contribution in [2.45, 2.75) is 19.3 Å². The molecule has 110 valence electrons. The summed E-state index contributed by atoms with van der Waals surface area (Å²) < 4.78 is 3.32. The van der Waals surface area contributed by atoms with Crippen molar-refractivity contribution in [3.05, 3.63) is 64.0 Å². The Balaban J connectivity index is 1.66. The van der Waals surface area contributed by atoms with Gasteiger partial charge in [-0.2, -0.15) is 5.10 Å². The van der Waals surface area contributed by atoms with Gasteiger partial charge in [0.15, 0.2) is 0 Å². The van der Waals surface area contributed by atoms with Crippen LogP contribution in [0.5, 0.6) is 0 Å². The number of hydrogen-bond donors (Lipinski definition) is 0. The predicted octanol–water partition coefficient (Wildman–Crippen LogP) is 3.66. The van der Waals surface area contributed by atoms with E-state index in [2.05, 4.69) is 51.2 Å². The Morgan fingerprint density at radius 1 is 1.09 bits per heavy atom. The van der Waals surface area contributed by atoms with Gasteiger partial charge in [0.25, 0.3) is 0 Å². The second kappa shape index (κ2) is 5.54. The van der Waals surface area contributed by atoms with Gasteiger partial charge in [-0.3, -0.25) is 0 Å². The van der Waals surface area contributed by atoms with E-state index in [0.717, 1.165) is 10.4 Å². The highest BCUT2D eigenvalue weighted by molar-refractivity contribution is 7.16. The van der Waals surface area contributed by atoms with Gasteiger partial charge in [-0.05, 0) is 54.2 Å². The second-order valence-electron chi connectivity index (χ2n) is 5.64. The lowest BCUT2D eigenvalue weighted by atomic mass is 10.1. The summed E-state index contributed by atoms with van der Waals surface area (Å²) in [5, 5.41) is 8.67. The number of para-hydroxylation sites is 1. The largest absolute Gasteiger partial charge is 0.318 e. The summed E-state index contributed by atoms with van der Waals surface area (Å²) in [5.41, 5.74) is 5.29. The van der Waals surface area contributed by atoms with E-state index in [1.54, 1.807) is 11.3 Å². The summed E-state index contributed by atoms with van der Waals surface area (Å²) in [6.07, 6.45) is 5.54. The van der Waals surface area contributed by atoms with Gasteiger partial charge in [-0.25, -0.2) is 0 Å². The monoisotopic (exact) mass is 307 g/mol. The van der Waals surface area contributed by atoms with Crippen molar-refractivity contribution >= 4 is 27.8 Å². The van der Waals surface area contributed by atoms with Crippen LogP contribution in [0.3, 0.4) is 0 Å². The van der Waals surface area contributed by atoms with Gasteiger partial charge >= 0.3 is 0 Å². The lowest BCUT2D eigenvalue weighted by molar-refractivity contribution is 0.889. The third kappa shape index (κ3) is 2.40. The Kier molecular flexibility index (Phi) is 3.39. The van der Waals surface area contributed by atoms with Gasteiger partial charge in [0.05, 0.1) is 16.4 Å². The molecule has 1 aliphatic rings. The van der Waals surface area contributed by atoms with Gasteiger partial charge in [0.1, 0.15) is 0 Å². The minimum Gasteiger partial charge on any atom is -0.318 e. The van der Waals surface area contributed by atoms with E-state index in [-0.39, 0.29) is 0 Å². The second-order valence-corrected chi connectivity index (χ2v) is 6.65. The van der Waals surface area contributed by atoms with Crippen LogP contribution in [0.25, 0.3) is 10.2 Å². The lowest BCUT2D eigenvalue weighted by Gasteiger charge is -1.99. The summed E-state index contributed by atoms with van der Waals surface area (Å²) in [5.74, 6) is 0. The first-order valence-corrected chi connectivity index (χ1v) is 8.36. The van der Waals surface area contributed by atoms with Crippen molar-refractivity contribution in [3.63, 3.8) is 0 Å². The molecule has 0 radical (unpaired) electrons. The first-order chi connectivity index (χ1) is 10.8. The quantitative estimate of drug-likeness (QED) is 0.511. The Morgan fingerprint density at radius 3 is 2.86 bits per heavy atom. The highest BCUT2D eigenvalue weighted by atomic mass is 32.1. The zero-order valence-corrected chi connectivity index (χ0v) is 13.3. The maximum absolute atomic E-state index is 4.38. The van der Waals surface area contributed by atoms with Crippen LogP contribution in [0.2, 0.25) is 0 Å². The topological polar surface area (TPSA) is 29.6 Å². The number of aromatic nitrogens is 1. The average Bonchev–Trinajstić information content (AvgIpc) is 3.12. The maximum Gasteiger partial charge on any atom is 0.211 e. The van der Waals surface area contributed by atoms with Gasteiger partial charge in [-0.15, -0.1) is 5.10 Å². The number of benzene rings is 2. The SMILES string of the molecule is Cn1/c(=N/N=C\c2ccc3c(c2)CCC3)sc2ccccc21. The molecule has 2 aromatic carbocycles. The highest BCUT2D eigenvalue weighted by Gasteiger charge is 2.09. The molecule has 3 aromatic rings. The van der Waals surface area contributed by atoms with Crippen LogP contribution in [0, 0.1) is 0 Å². The normalized spacial score (nSPS) is 15.0. The third-order valence-corrected chi connectivity index (χ3v) is 5.29. The Morgan fingerprint density at radius 2 is 1.95 bits per heavy atom. The minimum atomic E-state index is 0.915. The molecule has 0 fully saturated rings. The summed E-state index contributed by atoms with van der Waals surface area (Å²) >= 11 is 1.66. The van der Waals surface area contributed by atoms with Crippen LogP contribution < -0.4 is 4.80 Å². The first-order valence-electron chi connectivity index (χ1n) is 7.55. The van der Waals surface area contributed by atoms with Crippen LogP contribution in [0.4, 0.5) is 0 Å². The molecule has 3 nitrogen and oxygen atoms in total. The molecule has 1 aromatic heterocycles. The van der Waals surface area contributed by atoms with E-state index in [9.17, 15) is 0 Å². The zero-order chi connectivity index (χ0) is 14.9. The summed E-state index contributed by atoms with van der Waals surface area (Å²) in [6, 6.07) is 14.9. The predicted molar refractivity (Wildman–Crippen MR) is 92.4 cm³/mol. The van der Waals surface area contributed by atoms with E-state index in [0.29, 0.717) is 0 Å². The summed E-state index contributed by atoms with van der Waals surface area (Å²) in [4.78, 5) is 0.915. The molecule has 0 saturated carbocycles. The van der Waals surface area contributed by atoms with E-state index in [1.807, 2.05) is 19.3 Å². The van der Waals surface area contributed by atoms with E-state index in [4.69, 9.17) is 0 Å². The number of thiazole rings is 1. The van der Waals surface area contributed by atoms with Gasteiger partial charge < -0.3 is 4.57 Å². The van der Waals surface area contributed by atoms with Crippen LogP contribution in [0.15, 0.2) is 52.7 Å². The highest BCUT2D eigenvalue weighted by Crippen LogP contribution is 2.22. The Labute approximate surface area is 133 Å². The zero-order valence-electron chi connectivity index (χ0n) is 12.5.